The highest BCUT2D eigenvalue weighted by Crippen LogP contribution is 2.32. The average Bonchev–Trinajstić information content (AvgIpc) is 2.34. The molecule has 1 aliphatic rings. The molecule has 1 aliphatic heterocycles. The molecule has 0 aromatic heterocycles. The lowest BCUT2D eigenvalue weighted by molar-refractivity contribution is -0.139. The third kappa shape index (κ3) is 6.02. The monoisotopic (exact) mass is 331 g/mol. The summed E-state index contributed by atoms with van der Waals surface area (Å²) in [5, 5.41) is 11.5. The van der Waals surface area contributed by atoms with Crippen LogP contribution in [0.3, 0.4) is 0 Å². The number of aliphatic hydroxyl groups is 1. The quantitative estimate of drug-likeness (QED) is 0.679. The van der Waals surface area contributed by atoms with Crippen molar-refractivity contribution in [3.05, 3.63) is 0 Å². The van der Waals surface area contributed by atoms with Crippen molar-refractivity contribution in [1.82, 2.24) is 10.4 Å². The fourth-order valence-electron chi connectivity index (χ4n) is 2.01. The standard InChI is InChI=1S/C11H20Cl3N3O2/c1-7(15)10(19)17-6-2-3-8(16-17)9(18)4-5-11(12,13)14/h7-9,16,18H,2-6,15H2,1H3/t7-,8-,9?/m0/s1. The van der Waals surface area contributed by atoms with Gasteiger partial charge in [-0.1, -0.05) is 34.8 Å². The van der Waals surface area contributed by atoms with E-state index in [0.717, 1.165) is 12.8 Å². The van der Waals surface area contributed by atoms with Crippen LogP contribution in [0.4, 0.5) is 0 Å². The minimum atomic E-state index is -1.36. The lowest BCUT2D eigenvalue weighted by atomic mass is 10.00. The van der Waals surface area contributed by atoms with Crippen LogP contribution in [0.15, 0.2) is 0 Å². The van der Waals surface area contributed by atoms with E-state index in [2.05, 4.69) is 5.43 Å². The van der Waals surface area contributed by atoms with Crippen LogP contribution >= 0.6 is 34.8 Å². The number of hydrogen-bond acceptors (Lipinski definition) is 4. The van der Waals surface area contributed by atoms with E-state index < -0.39 is 15.9 Å². The van der Waals surface area contributed by atoms with E-state index in [-0.39, 0.29) is 18.4 Å². The average molecular weight is 333 g/mol. The van der Waals surface area contributed by atoms with Crippen molar-refractivity contribution >= 4 is 40.7 Å². The topological polar surface area (TPSA) is 78.6 Å². The van der Waals surface area contributed by atoms with Gasteiger partial charge in [0.25, 0.3) is 5.91 Å². The van der Waals surface area contributed by atoms with Crippen molar-refractivity contribution < 1.29 is 9.90 Å². The molecule has 0 spiro atoms. The Bertz CT molecular complexity index is 310. The number of alkyl halides is 3. The zero-order valence-electron chi connectivity index (χ0n) is 10.8. The van der Waals surface area contributed by atoms with Crippen LogP contribution in [0.5, 0.6) is 0 Å². The van der Waals surface area contributed by atoms with Crippen molar-refractivity contribution in [3.63, 3.8) is 0 Å². The van der Waals surface area contributed by atoms with Crippen molar-refractivity contribution in [2.45, 2.75) is 54.6 Å². The molecule has 19 heavy (non-hydrogen) atoms. The van der Waals surface area contributed by atoms with Crippen LogP contribution in [0.25, 0.3) is 0 Å². The van der Waals surface area contributed by atoms with Gasteiger partial charge in [0.2, 0.25) is 0 Å². The summed E-state index contributed by atoms with van der Waals surface area (Å²) in [7, 11) is 0. The first kappa shape index (κ1) is 17.3. The van der Waals surface area contributed by atoms with E-state index in [1.54, 1.807) is 6.92 Å². The molecule has 0 aliphatic carbocycles. The van der Waals surface area contributed by atoms with E-state index in [1.807, 2.05) is 0 Å². The Morgan fingerprint density at radius 1 is 1.58 bits per heavy atom. The van der Waals surface area contributed by atoms with E-state index in [0.29, 0.717) is 13.0 Å². The number of hydrogen-bond donors (Lipinski definition) is 3. The molecule has 0 bridgehead atoms. The second-order valence-electron chi connectivity index (χ2n) is 4.88. The lowest BCUT2D eigenvalue weighted by Gasteiger charge is -2.37. The van der Waals surface area contributed by atoms with E-state index in [4.69, 9.17) is 40.5 Å². The summed E-state index contributed by atoms with van der Waals surface area (Å²) in [6.07, 6.45) is 1.52. The molecule has 1 saturated heterocycles. The summed E-state index contributed by atoms with van der Waals surface area (Å²) in [5.74, 6) is -0.182. The van der Waals surface area contributed by atoms with Crippen LogP contribution in [0.1, 0.15) is 32.6 Å². The molecule has 0 aromatic carbocycles. The number of amides is 1. The van der Waals surface area contributed by atoms with Gasteiger partial charge < -0.3 is 10.8 Å². The van der Waals surface area contributed by atoms with Gasteiger partial charge in [-0.05, 0) is 32.6 Å². The van der Waals surface area contributed by atoms with Gasteiger partial charge in [0, 0.05) is 6.54 Å². The normalized spacial score (nSPS) is 24.1. The van der Waals surface area contributed by atoms with Crippen LogP contribution in [-0.4, -0.2) is 44.5 Å². The number of hydrazine groups is 1. The first-order valence-corrected chi connectivity index (χ1v) is 7.42. The number of halogens is 3. The molecular formula is C11H20Cl3N3O2. The Morgan fingerprint density at radius 3 is 2.74 bits per heavy atom. The van der Waals surface area contributed by atoms with Crippen molar-refractivity contribution in [3.8, 4) is 0 Å². The number of carbonyl (C=O) groups is 1. The summed E-state index contributed by atoms with van der Waals surface area (Å²) < 4.78 is -1.36. The van der Waals surface area contributed by atoms with Gasteiger partial charge in [-0.15, -0.1) is 0 Å². The number of nitrogens with zero attached hydrogens (tertiary/aromatic N) is 1. The maximum atomic E-state index is 11.8. The molecule has 3 atom stereocenters. The van der Waals surface area contributed by atoms with Crippen LogP contribution in [0.2, 0.25) is 0 Å². The Hall–Kier alpha value is 0.220. The molecule has 1 fully saturated rings. The van der Waals surface area contributed by atoms with Gasteiger partial charge in [0.15, 0.2) is 3.79 Å². The Labute approximate surface area is 128 Å². The first-order chi connectivity index (χ1) is 8.70. The van der Waals surface area contributed by atoms with E-state index >= 15 is 0 Å². The number of nitrogens with one attached hydrogen (secondary N) is 1. The Morgan fingerprint density at radius 2 is 2.21 bits per heavy atom. The summed E-state index contributed by atoms with van der Waals surface area (Å²) in [5.41, 5.74) is 8.55. The molecule has 0 aromatic rings. The zero-order valence-corrected chi connectivity index (χ0v) is 13.0. The van der Waals surface area contributed by atoms with Gasteiger partial charge >= 0.3 is 0 Å². The highest BCUT2D eigenvalue weighted by atomic mass is 35.6. The second kappa shape index (κ2) is 7.29. The SMILES string of the molecule is C[C@H](N)C(=O)N1CCC[C@@H](C(O)CCC(Cl)(Cl)Cl)N1. The third-order valence-corrected chi connectivity index (χ3v) is 3.63. The molecule has 5 nitrogen and oxygen atoms in total. The maximum absolute atomic E-state index is 11.8. The molecule has 0 radical (unpaired) electrons. The van der Waals surface area contributed by atoms with Crippen LogP contribution in [0, 0.1) is 0 Å². The molecule has 1 rings (SSSR count). The predicted molar refractivity (Wildman–Crippen MR) is 77.1 cm³/mol. The molecule has 8 heteroatoms. The van der Waals surface area contributed by atoms with Gasteiger partial charge in [-0.2, -0.15) is 0 Å². The molecule has 4 N–H and O–H groups in total. The number of rotatable bonds is 4. The number of carbonyl (C=O) groups excluding carboxylic acids is 1. The fraction of sp³-hybridized carbons (Fsp3) is 0.909. The summed E-state index contributed by atoms with van der Waals surface area (Å²) in [6, 6.07) is -0.784. The predicted octanol–water partition coefficient (Wildman–Crippen LogP) is 1.34. The van der Waals surface area contributed by atoms with Gasteiger partial charge in [0.05, 0.1) is 18.2 Å². The zero-order chi connectivity index (χ0) is 14.6. The maximum Gasteiger partial charge on any atom is 0.253 e. The molecule has 1 unspecified atom stereocenters. The Balaban J connectivity index is 2.48. The van der Waals surface area contributed by atoms with Crippen LogP contribution in [-0.2, 0) is 4.79 Å². The van der Waals surface area contributed by atoms with Crippen LogP contribution < -0.4 is 11.2 Å². The van der Waals surface area contributed by atoms with Crippen molar-refractivity contribution in [2.75, 3.05) is 6.54 Å². The first-order valence-electron chi connectivity index (χ1n) is 6.28. The highest BCUT2D eigenvalue weighted by molar-refractivity contribution is 6.67. The Kier molecular flexibility index (Phi) is 6.63. The minimum absolute atomic E-state index is 0.182. The molecule has 112 valence electrons. The smallest absolute Gasteiger partial charge is 0.253 e. The van der Waals surface area contributed by atoms with E-state index in [1.165, 1.54) is 5.01 Å². The molecule has 1 heterocycles. The molecule has 0 saturated carbocycles. The second-order valence-corrected chi connectivity index (χ2v) is 7.39. The summed E-state index contributed by atoms with van der Waals surface area (Å²) in [6.45, 7) is 2.22. The molecule has 1 amide bonds. The van der Waals surface area contributed by atoms with Gasteiger partial charge in [-0.3, -0.25) is 9.80 Å². The van der Waals surface area contributed by atoms with E-state index in [9.17, 15) is 9.90 Å². The fourth-order valence-corrected chi connectivity index (χ4v) is 2.34. The summed E-state index contributed by atoms with van der Waals surface area (Å²) >= 11 is 17.0. The number of aliphatic hydroxyl groups excluding tert-OH is 1. The van der Waals surface area contributed by atoms with Gasteiger partial charge in [-0.25, -0.2) is 5.43 Å². The highest BCUT2D eigenvalue weighted by Gasteiger charge is 2.30. The molecular weight excluding hydrogens is 312 g/mol. The lowest BCUT2D eigenvalue weighted by Crippen LogP contribution is -2.59. The summed E-state index contributed by atoms with van der Waals surface area (Å²) in [4.78, 5) is 11.8. The number of nitrogens with two attached hydrogens (primary N) is 1. The third-order valence-electron chi connectivity index (χ3n) is 3.06. The minimum Gasteiger partial charge on any atom is -0.391 e. The largest absolute Gasteiger partial charge is 0.391 e. The van der Waals surface area contributed by atoms with Crippen molar-refractivity contribution in [1.29, 1.82) is 0 Å². The van der Waals surface area contributed by atoms with Crippen molar-refractivity contribution in [2.24, 2.45) is 5.73 Å². The van der Waals surface area contributed by atoms with Gasteiger partial charge in [0.1, 0.15) is 0 Å².